The number of ether oxygens (including phenoxy) is 1. The molecule has 11 heteroatoms. The van der Waals surface area contributed by atoms with Gasteiger partial charge in [-0.1, -0.05) is 36.8 Å². The Balaban J connectivity index is 1.72. The second kappa shape index (κ2) is 10.2. The normalized spacial score (nSPS) is 18.1. The van der Waals surface area contributed by atoms with Gasteiger partial charge < -0.3 is 9.84 Å². The molecule has 0 aliphatic carbocycles. The minimum Gasteiger partial charge on any atom is -0.511 e. The molecule has 3 rings (SSSR count). The summed E-state index contributed by atoms with van der Waals surface area (Å²) in [5.41, 5.74) is -3.70. The second-order valence-electron chi connectivity index (χ2n) is 9.21. The van der Waals surface area contributed by atoms with Crippen LogP contribution in [0.4, 0.5) is 30.7 Å². The molecule has 1 heterocycles. The van der Waals surface area contributed by atoms with Gasteiger partial charge in [-0.15, -0.1) is 11.8 Å². The lowest BCUT2D eigenvalue weighted by Crippen LogP contribution is -2.50. The van der Waals surface area contributed by atoms with Crippen LogP contribution in [-0.4, -0.2) is 35.3 Å². The van der Waals surface area contributed by atoms with Crippen molar-refractivity contribution in [3.63, 3.8) is 0 Å². The van der Waals surface area contributed by atoms with E-state index >= 15 is 0 Å². The number of cyclic esters (lactones) is 1. The van der Waals surface area contributed by atoms with E-state index in [0.29, 0.717) is 22.6 Å². The zero-order valence-electron chi connectivity index (χ0n) is 20.4. The Morgan fingerprint density at radius 2 is 1.49 bits per heavy atom. The number of carbonyl (C=O) groups is 1. The van der Waals surface area contributed by atoms with Gasteiger partial charge in [-0.2, -0.15) is 26.3 Å². The lowest BCUT2D eigenvalue weighted by Gasteiger charge is -2.30. The van der Waals surface area contributed by atoms with E-state index in [9.17, 15) is 40.6 Å². The van der Waals surface area contributed by atoms with Crippen LogP contribution in [-0.2, 0) is 15.2 Å². The Kier molecular flexibility index (Phi) is 7.98. The van der Waals surface area contributed by atoms with Crippen molar-refractivity contribution < 1.29 is 45.4 Å². The van der Waals surface area contributed by atoms with Gasteiger partial charge in [0, 0.05) is 28.6 Å². The van der Waals surface area contributed by atoms with Crippen molar-refractivity contribution in [2.45, 2.75) is 63.1 Å². The van der Waals surface area contributed by atoms with Gasteiger partial charge in [0.15, 0.2) is 0 Å². The van der Waals surface area contributed by atoms with Gasteiger partial charge in [-0.05, 0) is 49.6 Å². The van der Waals surface area contributed by atoms with Crippen LogP contribution >= 0.6 is 11.8 Å². The summed E-state index contributed by atoms with van der Waals surface area (Å²) < 4.78 is 97.4. The van der Waals surface area contributed by atoms with E-state index in [0.717, 1.165) is 40.6 Å². The molecule has 202 valence electrons. The lowest BCUT2D eigenvalue weighted by molar-refractivity contribution is -0.348. The average molecular weight is 551 g/mol. The van der Waals surface area contributed by atoms with Crippen molar-refractivity contribution in [2.75, 3.05) is 5.75 Å². The topological polar surface area (TPSA) is 46.5 Å². The number of alkyl halides is 7. The molecule has 1 N–H and O–H groups in total. The number of rotatable bonds is 6. The van der Waals surface area contributed by atoms with Crippen molar-refractivity contribution in [3.05, 3.63) is 70.0 Å². The van der Waals surface area contributed by atoms with Crippen molar-refractivity contribution >= 4 is 23.3 Å². The Morgan fingerprint density at radius 3 is 1.95 bits per heavy atom. The number of hydrogen-bond donors (Lipinski definition) is 1. The van der Waals surface area contributed by atoms with E-state index in [1.165, 1.54) is 0 Å². The first-order valence-electron chi connectivity index (χ1n) is 11.2. The molecular formula is C26H25F7O3S. The molecule has 1 aliphatic heterocycles. The van der Waals surface area contributed by atoms with Gasteiger partial charge in [0.2, 0.25) is 0 Å². The van der Waals surface area contributed by atoms with E-state index in [2.05, 4.69) is 0 Å². The molecular weight excluding hydrogens is 525 g/mol. The zero-order valence-corrected chi connectivity index (χ0v) is 21.2. The molecule has 37 heavy (non-hydrogen) atoms. The molecule has 1 aliphatic rings. The van der Waals surface area contributed by atoms with Gasteiger partial charge in [-0.25, -0.2) is 9.18 Å². The maximum atomic E-state index is 14.2. The molecule has 0 amide bonds. The highest BCUT2D eigenvalue weighted by Crippen LogP contribution is 2.53. The summed E-state index contributed by atoms with van der Waals surface area (Å²) in [5, 5.41) is 10.7. The number of aliphatic hydroxyl groups excluding tert-OH is 1. The maximum absolute atomic E-state index is 14.2. The highest BCUT2D eigenvalue weighted by molar-refractivity contribution is 7.99. The molecule has 2 unspecified atom stereocenters. The Labute approximate surface area is 213 Å². The zero-order chi connectivity index (χ0) is 27.9. The fourth-order valence-electron chi connectivity index (χ4n) is 4.39. The van der Waals surface area contributed by atoms with E-state index in [1.807, 2.05) is 32.9 Å². The number of hydrogen-bond acceptors (Lipinski definition) is 4. The first-order valence-corrected chi connectivity index (χ1v) is 12.2. The van der Waals surface area contributed by atoms with Gasteiger partial charge in [0.25, 0.3) is 0 Å². The van der Waals surface area contributed by atoms with E-state index < -0.39 is 35.7 Å². The Bertz CT molecular complexity index is 1160. The summed E-state index contributed by atoms with van der Waals surface area (Å²) >= 11 is 1.09. The van der Waals surface area contributed by atoms with Crippen LogP contribution in [0.25, 0.3) is 5.57 Å². The van der Waals surface area contributed by atoms with Crippen molar-refractivity contribution in [1.29, 1.82) is 0 Å². The number of carbonyl (C=O) groups excluding carboxylic acids is 1. The first-order chi connectivity index (χ1) is 17.0. The molecule has 2 aromatic carbocycles. The molecule has 0 spiro atoms. The van der Waals surface area contributed by atoms with Crippen LogP contribution in [0.5, 0.6) is 0 Å². The predicted octanol–water partition coefficient (Wildman–Crippen LogP) is 7.91. The van der Waals surface area contributed by atoms with Crippen LogP contribution in [0, 0.1) is 26.7 Å². The Hall–Kier alpha value is -2.69. The summed E-state index contributed by atoms with van der Waals surface area (Å²) in [4.78, 5) is 13.1. The van der Waals surface area contributed by atoms with Crippen molar-refractivity contribution in [2.24, 2.45) is 5.92 Å². The average Bonchev–Trinajstić information content (AvgIpc) is 2.76. The van der Waals surface area contributed by atoms with E-state index in [4.69, 9.17) is 4.74 Å². The summed E-state index contributed by atoms with van der Waals surface area (Å²) in [6.07, 6.45) is -13.0. The number of thioether (sulfide) groups is 1. The molecule has 0 bridgehead atoms. The highest BCUT2D eigenvalue weighted by atomic mass is 32.2. The molecule has 2 aromatic rings. The molecule has 0 radical (unpaired) electrons. The molecule has 0 fully saturated rings. The third-order valence-electron chi connectivity index (χ3n) is 6.25. The van der Waals surface area contributed by atoms with E-state index in [-0.39, 0.29) is 29.4 Å². The second-order valence-corrected chi connectivity index (χ2v) is 10.3. The molecule has 2 atom stereocenters. The monoisotopic (exact) mass is 550 g/mol. The summed E-state index contributed by atoms with van der Waals surface area (Å²) in [6, 6.07) is 6.66. The largest absolute Gasteiger partial charge is 0.511 e. The van der Waals surface area contributed by atoms with Crippen LogP contribution in [0.2, 0.25) is 0 Å². The minimum atomic E-state index is -6.18. The van der Waals surface area contributed by atoms with Gasteiger partial charge >= 0.3 is 24.0 Å². The number of benzene rings is 2. The molecule has 0 saturated heterocycles. The minimum absolute atomic E-state index is 0.0516. The predicted molar refractivity (Wildman–Crippen MR) is 126 cm³/mol. The quantitative estimate of drug-likeness (QED) is 0.226. The molecule has 0 saturated carbocycles. The van der Waals surface area contributed by atoms with Crippen LogP contribution < -0.4 is 0 Å². The number of halogens is 7. The molecule has 0 aromatic heterocycles. The van der Waals surface area contributed by atoms with Gasteiger partial charge in [0.05, 0.1) is 0 Å². The third-order valence-corrected chi connectivity index (χ3v) is 7.55. The number of aryl methyl sites for hydroxylation is 3. The van der Waals surface area contributed by atoms with Crippen LogP contribution in [0.3, 0.4) is 0 Å². The molecule has 3 nitrogen and oxygen atoms in total. The standard InChI is InChI=1S/C26H25F7O3S/c1-13-9-14(2)21(15(3)10-13)22-19(34)11-20(36-23(22)35)16(4)12-37-18-7-5-17(6-8-18)24(27,25(28,29)30)26(31,32)33/h5-10,16,20,34H,11-12H2,1-4H3. The fourth-order valence-corrected chi connectivity index (χ4v) is 5.39. The first kappa shape index (κ1) is 28.9. The van der Waals surface area contributed by atoms with Crippen LogP contribution in [0.15, 0.2) is 47.1 Å². The summed E-state index contributed by atoms with van der Waals surface area (Å²) in [5.74, 6) is -0.857. The van der Waals surface area contributed by atoms with Crippen LogP contribution in [0.1, 0.15) is 41.2 Å². The van der Waals surface area contributed by atoms with Crippen molar-refractivity contribution in [3.8, 4) is 0 Å². The fraction of sp³-hybridized carbons (Fsp3) is 0.423. The smallest absolute Gasteiger partial charge is 0.435 e. The lowest BCUT2D eigenvalue weighted by atomic mass is 9.89. The number of aliphatic hydroxyl groups is 1. The SMILES string of the molecule is Cc1cc(C)c(C2=C(O)CC(C(C)CSc3ccc(C(F)(C(F)(F)F)C(F)(F)F)cc3)OC2=O)c(C)c1. The third kappa shape index (κ3) is 5.61. The van der Waals surface area contributed by atoms with Gasteiger partial charge in [0.1, 0.15) is 17.4 Å². The van der Waals surface area contributed by atoms with Gasteiger partial charge in [-0.3, -0.25) is 0 Å². The number of esters is 1. The summed E-state index contributed by atoms with van der Waals surface area (Å²) in [7, 11) is 0. The summed E-state index contributed by atoms with van der Waals surface area (Å²) in [6.45, 7) is 7.31. The Morgan fingerprint density at radius 1 is 0.973 bits per heavy atom. The van der Waals surface area contributed by atoms with E-state index in [1.54, 1.807) is 6.92 Å². The van der Waals surface area contributed by atoms with Crippen molar-refractivity contribution in [1.82, 2.24) is 0 Å². The maximum Gasteiger partial charge on any atom is 0.435 e. The highest BCUT2D eigenvalue weighted by Gasteiger charge is 2.73.